The number of nitrogens with zero attached hydrogens (tertiary/aromatic N) is 1. The highest BCUT2D eigenvalue weighted by atomic mass is 16.5. The highest BCUT2D eigenvalue weighted by molar-refractivity contribution is 5.46. The van der Waals surface area contributed by atoms with Gasteiger partial charge in [-0.05, 0) is 23.8 Å². The minimum atomic E-state index is -0.120. The molecule has 0 heterocycles. The summed E-state index contributed by atoms with van der Waals surface area (Å²) in [5.74, 6) is 1.10. The van der Waals surface area contributed by atoms with E-state index < -0.39 is 0 Å². The van der Waals surface area contributed by atoms with Gasteiger partial charge in [-0.3, -0.25) is 0 Å². The summed E-state index contributed by atoms with van der Waals surface area (Å²) < 4.78 is 11.0. The van der Waals surface area contributed by atoms with Crippen LogP contribution in [0.15, 0.2) is 42.5 Å². The van der Waals surface area contributed by atoms with E-state index in [2.05, 4.69) is 6.07 Å². The summed E-state index contributed by atoms with van der Waals surface area (Å²) in [7, 11) is 1.56. The Bertz CT molecular complexity index is 610. The predicted molar refractivity (Wildman–Crippen MR) is 74.4 cm³/mol. The van der Waals surface area contributed by atoms with E-state index in [1.165, 1.54) is 0 Å². The van der Waals surface area contributed by atoms with Gasteiger partial charge in [-0.15, -0.1) is 0 Å². The van der Waals surface area contributed by atoms with E-state index in [9.17, 15) is 5.11 Å². The molecule has 20 heavy (non-hydrogen) atoms. The van der Waals surface area contributed by atoms with Gasteiger partial charge in [-0.1, -0.05) is 24.3 Å². The number of para-hydroxylation sites is 1. The lowest BCUT2D eigenvalue weighted by Crippen LogP contribution is -2.01. The van der Waals surface area contributed by atoms with Crippen molar-refractivity contribution in [1.29, 1.82) is 5.26 Å². The van der Waals surface area contributed by atoms with Gasteiger partial charge < -0.3 is 14.6 Å². The van der Waals surface area contributed by atoms with E-state index in [0.29, 0.717) is 29.2 Å². The molecule has 0 spiro atoms. The number of aliphatic hydroxyl groups excluding tert-OH is 1. The fourth-order valence-electron chi connectivity index (χ4n) is 1.90. The maximum absolute atomic E-state index is 9.34. The number of hydrogen-bond donors (Lipinski definition) is 1. The maximum atomic E-state index is 9.34. The van der Waals surface area contributed by atoms with Crippen molar-refractivity contribution >= 4 is 0 Å². The van der Waals surface area contributed by atoms with Gasteiger partial charge in [-0.25, -0.2) is 0 Å². The molecule has 0 aliphatic carbocycles. The lowest BCUT2D eigenvalue weighted by molar-refractivity contribution is 0.250. The molecule has 2 aromatic rings. The minimum absolute atomic E-state index is 0.120. The first-order chi connectivity index (χ1) is 9.78. The molecular formula is C16H15NO3. The largest absolute Gasteiger partial charge is 0.493 e. The van der Waals surface area contributed by atoms with Crippen LogP contribution in [-0.2, 0) is 13.2 Å². The number of rotatable bonds is 5. The van der Waals surface area contributed by atoms with Gasteiger partial charge in [0.05, 0.1) is 25.3 Å². The molecule has 0 atom stereocenters. The van der Waals surface area contributed by atoms with Crippen LogP contribution in [0.5, 0.6) is 11.5 Å². The highest BCUT2D eigenvalue weighted by Crippen LogP contribution is 2.31. The van der Waals surface area contributed by atoms with Crippen molar-refractivity contribution in [2.75, 3.05) is 7.11 Å². The van der Waals surface area contributed by atoms with Gasteiger partial charge in [0.25, 0.3) is 0 Å². The van der Waals surface area contributed by atoms with Crippen LogP contribution in [0.4, 0.5) is 0 Å². The Morgan fingerprint density at radius 3 is 2.70 bits per heavy atom. The van der Waals surface area contributed by atoms with Crippen molar-refractivity contribution in [2.45, 2.75) is 13.2 Å². The summed E-state index contributed by atoms with van der Waals surface area (Å²) >= 11 is 0. The van der Waals surface area contributed by atoms with Crippen molar-refractivity contribution in [3.05, 3.63) is 59.2 Å². The molecule has 2 aromatic carbocycles. The Hall–Kier alpha value is -2.51. The summed E-state index contributed by atoms with van der Waals surface area (Å²) in [6.45, 7) is 0.188. The molecule has 0 aliphatic heterocycles. The summed E-state index contributed by atoms with van der Waals surface area (Å²) in [6, 6.07) is 14.7. The van der Waals surface area contributed by atoms with Crippen LogP contribution in [-0.4, -0.2) is 12.2 Å². The van der Waals surface area contributed by atoms with Crippen molar-refractivity contribution in [3.8, 4) is 17.6 Å². The Kier molecular flexibility index (Phi) is 4.59. The first-order valence-corrected chi connectivity index (χ1v) is 6.17. The molecule has 0 aromatic heterocycles. The van der Waals surface area contributed by atoms with Crippen molar-refractivity contribution < 1.29 is 14.6 Å². The summed E-state index contributed by atoms with van der Waals surface area (Å²) in [5.41, 5.74) is 2.15. The quantitative estimate of drug-likeness (QED) is 0.906. The summed E-state index contributed by atoms with van der Waals surface area (Å²) in [5, 5.41) is 18.2. The van der Waals surface area contributed by atoms with Gasteiger partial charge >= 0.3 is 0 Å². The second-order valence-electron chi connectivity index (χ2n) is 4.21. The third-order valence-corrected chi connectivity index (χ3v) is 2.89. The zero-order chi connectivity index (χ0) is 14.4. The smallest absolute Gasteiger partial charge is 0.167 e. The predicted octanol–water partition coefficient (Wildman–Crippen LogP) is 2.64. The van der Waals surface area contributed by atoms with Crippen molar-refractivity contribution in [2.24, 2.45) is 0 Å². The lowest BCUT2D eigenvalue weighted by atomic mass is 10.1. The molecule has 4 heteroatoms. The number of methoxy groups -OCH3 is 1. The lowest BCUT2D eigenvalue weighted by Gasteiger charge is -2.14. The average Bonchev–Trinajstić information content (AvgIpc) is 2.52. The first kappa shape index (κ1) is 13.9. The average molecular weight is 269 g/mol. The van der Waals surface area contributed by atoms with Crippen LogP contribution in [0.2, 0.25) is 0 Å². The molecule has 0 aliphatic rings. The number of aliphatic hydroxyl groups is 1. The molecule has 0 saturated heterocycles. The molecule has 0 bridgehead atoms. The summed E-state index contributed by atoms with van der Waals surface area (Å²) in [6.07, 6.45) is 0. The van der Waals surface area contributed by atoms with E-state index in [1.54, 1.807) is 37.4 Å². The number of hydrogen-bond acceptors (Lipinski definition) is 4. The van der Waals surface area contributed by atoms with Crippen molar-refractivity contribution in [3.63, 3.8) is 0 Å². The van der Waals surface area contributed by atoms with Crippen LogP contribution < -0.4 is 9.47 Å². The molecule has 0 amide bonds. The van der Waals surface area contributed by atoms with Crippen LogP contribution in [0.1, 0.15) is 16.7 Å². The molecule has 0 unspecified atom stereocenters. The Balaban J connectivity index is 2.20. The Morgan fingerprint density at radius 2 is 2.00 bits per heavy atom. The van der Waals surface area contributed by atoms with E-state index >= 15 is 0 Å². The van der Waals surface area contributed by atoms with Gasteiger partial charge in [0.15, 0.2) is 11.5 Å². The fourth-order valence-corrected chi connectivity index (χ4v) is 1.90. The third kappa shape index (κ3) is 3.08. The van der Waals surface area contributed by atoms with Crippen LogP contribution >= 0.6 is 0 Å². The second-order valence-corrected chi connectivity index (χ2v) is 4.21. The Labute approximate surface area is 117 Å². The normalized spacial score (nSPS) is 9.85. The maximum Gasteiger partial charge on any atom is 0.167 e. The molecule has 0 fully saturated rings. The van der Waals surface area contributed by atoms with E-state index in [4.69, 9.17) is 14.7 Å². The van der Waals surface area contributed by atoms with Crippen LogP contribution in [0.3, 0.4) is 0 Å². The van der Waals surface area contributed by atoms with Gasteiger partial charge in [0, 0.05) is 5.56 Å². The van der Waals surface area contributed by atoms with Crippen LogP contribution in [0, 0.1) is 11.3 Å². The SMILES string of the molecule is COc1cccc(CO)c1OCc1cccc(C#N)c1. The first-order valence-electron chi connectivity index (χ1n) is 6.17. The zero-order valence-corrected chi connectivity index (χ0v) is 11.2. The minimum Gasteiger partial charge on any atom is -0.493 e. The number of ether oxygens (including phenoxy) is 2. The van der Waals surface area contributed by atoms with E-state index in [-0.39, 0.29) is 6.61 Å². The monoisotopic (exact) mass is 269 g/mol. The zero-order valence-electron chi connectivity index (χ0n) is 11.2. The molecule has 2 rings (SSSR count). The summed E-state index contributed by atoms with van der Waals surface area (Å²) in [4.78, 5) is 0. The number of benzene rings is 2. The van der Waals surface area contributed by atoms with Crippen LogP contribution in [0.25, 0.3) is 0 Å². The van der Waals surface area contributed by atoms with E-state index in [1.807, 2.05) is 12.1 Å². The van der Waals surface area contributed by atoms with Gasteiger partial charge in [0.1, 0.15) is 6.61 Å². The molecule has 4 nitrogen and oxygen atoms in total. The van der Waals surface area contributed by atoms with Gasteiger partial charge in [-0.2, -0.15) is 5.26 Å². The van der Waals surface area contributed by atoms with E-state index in [0.717, 1.165) is 5.56 Å². The molecule has 0 saturated carbocycles. The topological polar surface area (TPSA) is 62.5 Å². The standard InChI is InChI=1S/C16H15NO3/c1-19-15-7-3-6-14(10-18)16(15)20-11-13-5-2-4-12(8-13)9-17/h2-8,18H,10-11H2,1H3. The third-order valence-electron chi connectivity index (χ3n) is 2.89. The molecule has 102 valence electrons. The van der Waals surface area contributed by atoms with Gasteiger partial charge in [0.2, 0.25) is 0 Å². The molecular weight excluding hydrogens is 254 g/mol. The highest BCUT2D eigenvalue weighted by Gasteiger charge is 2.10. The number of nitriles is 1. The van der Waals surface area contributed by atoms with Crippen molar-refractivity contribution in [1.82, 2.24) is 0 Å². The Morgan fingerprint density at radius 1 is 1.20 bits per heavy atom. The second kappa shape index (κ2) is 6.60. The molecule has 1 N–H and O–H groups in total. The molecule has 0 radical (unpaired) electrons. The fraction of sp³-hybridized carbons (Fsp3) is 0.188.